The molecule has 1 aliphatic heterocycles. The maximum absolute atomic E-state index is 12.7. The van der Waals surface area contributed by atoms with Gasteiger partial charge < -0.3 is 11.5 Å². The molecule has 0 aliphatic carbocycles. The van der Waals surface area contributed by atoms with Gasteiger partial charge in [0, 0.05) is 44.6 Å². The summed E-state index contributed by atoms with van der Waals surface area (Å²) in [6, 6.07) is 45.6. The number of nitrogens with two attached hydrogens (primary N) is 2. The first-order valence-electron chi connectivity index (χ1n) is 16.8. The topological polar surface area (TPSA) is 127 Å². The molecular formula is C45H35N5O2. The Labute approximate surface area is 301 Å². The molecule has 0 atom stereocenters. The van der Waals surface area contributed by atoms with Crippen LogP contribution in [0.3, 0.4) is 0 Å². The predicted molar refractivity (Wildman–Crippen MR) is 212 cm³/mol. The fourth-order valence-electron chi connectivity index (χ4n) is 5.99. The van der Waals surface area contributed by atoms with Gasteiger partial charge in [0.2, 0.25) is 0 Å². The molecule has 7 aromatic rings. The molecule has 5 N–H and O–H groups in total. The van der Waals surface area contributed by atoms with Gasteiger partial charge in [-0.2, -0.15) is 5.10 Å². The van der Waals surface area contributed by atoms with Crippen molar-refractivity contribution in [3.63, 3.8) is 0 Å². The Hall–Kier alpha value is -7.12. The van der Waals surface area contributed by atoms with Crippen molar-refractivity contribution in [3.05, 3.63) is 202 Å². The number of nitrogens with zero attached hydrogens (tertiary/aromatic N) is 2. The zero-order valence-electron chi connectivity index (χ0n) is 28.2. The Morgan fingerprint density at radius 1 is 0.558 bits per heavy atom. The lowest BCUT2D eigenvalue weighted by atomic mass is 9.97. The maximum Gasteiger partial charge on any atom is 0.193 e. The van der Waals surface area contributed by atoms with Crippen LogP contribution in [-0.4, -0.2) is 27.5 Å². The second-order valence-electron chi connectivity index (χ2n) is 12.3. The van der Waals surface area contributed by atoms with Gasteiger partial charge in [-0.1, -0.05) is 115 Å². The van der Waals surface area contributed by atoms with Crippen molar-refractivity contribution in [1.29, 1.82) is 0 Å². The van der Waals surface area contributed by atoms with Crippen LogP contribution in [0.4, 0.5) is 11.4 Å². The summed E-state index contributed by atoms with van der Waals surface area (Å²) >= 11 is 0. The van der Waals surface area contributed by atoms with Crippen LogP contribution in [0.1, 0.15) is 59.8 Å². The highest BCUT2D eigenvalue weighted by Crippen LogP contribution is 2.24. The van der Waals surface area contributed by atoms with E-state index in [0.29, 0.717) is 40.2 Å². The van der Waals surface area contributed by atoms with Crippen LogP contribution in [0.15, 0.2) is 157 Å². The molecule has 1 aliphatic rings. The molecule has 52 heavy (non-hydrogen) atoms. The maximum atomic E-state index is 12.7. The van der Waals surface area contributed by atoms with Gasteiger partial charge in [-0.3, -0.25) is 19.7 Å². The summed E-state index contributed by atoms with van der Waals surface area (Å²) in [5, 5.41) is 8.33. The molecule has 8 rings (SSSR count). The summed E-state index contributed by atoms with van der Waals surface area (Å²) in [5.41, 5.74) is 22.2. The Balaban J connectivity index is 0.000000162. The number of nitrogen functional groups attached to an aromatic ring is 2. The van der Waals surface area contributed by atoms with Gasteiger partial charge in [-0.15, -0.1) is 0 Å². The Kier molecular flexibility index (Phi) is 9.75. The minimum absolute atomic E-state index is 0.0200. The van der Waals surface area contributed by atoms with Crippen LogP contribution in [0.5, 0.6) is 0 Å². The number of rotatable bonds is 8. The van der Waals surface area contributed by atoms with E-state index >= 15 is 0 Å². The number of nitrogens with one attached hydrogen (secondary N) is 1. The van der Waals surface area contributed by atoms with E-state index in [1.807, 2.05) is 103 Å². The SMILES string of the molecule is Nc1cccc(C(=O)c2ccc3c(/C=C/c4ccccc4)n[nH]c3c2)c1.Nc1cccc(C(=O)c2ccc3c(c2)CN=C3/C=C/c2ccccc2)c1. The van der Waals surface area contributed by atoms with Crippen molar-refractivity contribution >= 4 is 57.8 Å². The molecule has 0 saturated carbocycles. The van der Waals surface area contributed by atoms with E-state index in [1.165, 1.54) is 0 Å². The van der Waals surface area contributed by atoms with E-state index in [1.54, 1.807) is 48.5 Å². The lowest BCUT2D eigenvalue weighted by Crippen LogP contribution is -2.04. The summed E-state index contributed by atoms with van der Waals surface area (Å²) in [5.74, 6) is -0.0800. The third-order valence-electron chi connectivity index (χ3n) is 8.68. The molecule has 0 amide bonds. The quantitative estimate of drug-likeness (QED) is 0.109. The van der Waals surface area contributed by atoms with Crippen molar-refractivity contribution < 1.29 is 9.59 Å². The first kappa shape index (κ1) is 33.4. The molecule has 0 unspecified atom stereocenters. The van der Waals surface area contributed by atoms with Crippen LogP contribution in [0.2, 0.25) is 0 Å². The van der Waals surface area contributed by atoms with Crippen LogP contribution >= 0.6 is 0 Å². The molecule has 7 nitrogen and oxygen atoms in total. The third kappa shape index (κ3) is 7.69. The highest BCUT2D eigenvalue weighted by molar-refractivity contribution is 6.15. The van der Waals surface area contributed by atoms with Crippen LogP contribution in [-0.2, 0) is 6.54 Å². The first-order valence-corrected chi connectivity index (χ1v) is 16.8. The lowest BCUT2D eigenvalue weighted by molar-refractivity contribution is 0.103. The average molecular weight is 678 g/mol. The largest absolute Gasteiger partial charge is 0.399 e. The van der Waals surface area contributed by atoms with E-state index < -0.39 is 0 Å². The normalized spacial score (nSPS) is 12.0. The minimum Gasteiger partial charge on any atom is -0.399 e. The van der Waals surface area contributed by atoms with Gasteiger partial charge in [0.1, 0.15) is 0 Å². The second-order valence-corrected chi connectivity index (χ2v) is 12.3. The highest BCUT2D eigenvalue weighted by atomic mass is 16.1. The van der Waals surface area contributed by atoms with Crippen molar-refractivity contribution in [1.82, 2.24) is 10.2 Å². The van der Waals surface area contributed by atoms with Gasteiger partial charge in [-0.05, 0) is 71.3 Å². The van der Waals surface area contributed by atoms with Gasteiger partial charge in [0.25, 0.3) is 0 Å². The van der Waals surface area contributed by atoms with Crippen molar-refractivity contribution in [2.24, 2.45) is 4.99 Å². The number of H-pyrrole nitrogens is 1. The number of aromatic nitrogens is 2. The number of ketones is 2. The van der Waals surface area contributed by atoms with Crippen LogP contribution in [0, 0.1) is 0 Å². The standard InChI is InChI=1S/C23H18N2O.C22H17N3O/c24-20-8-4-7-17(14-20)23(26)18-10-11-21-19(13-18)15-25-22(21)12-9-16-5-2-1-3-6-16;23-18-8-4-7-16(13-18)22(26)17-10-11-19-20(24-25-21(19)14-17)12-9-15-5-2-1-3-6-15/h1-14H,15,24H2;1-14H,23H2,(H,24,25)/b2*12-9+. The zero-order valence-corrected chi connectivity index (χ0v) is 28.2. The summed E-state index contributed by atoms with van der Waals surface area (Å²) in [6.07, 6.45) is 8.06. The second kappa shape index (κ2) is 15.2. The number of fused-ring (bicyclic) bond motifs is 2. The van der Waals surface area contributed by atoms with Gasteiger partial charge in [0.15, 0.2) is 11.6 Å². The van der Waals surface area contributed by atoms with Crippen LogP contribution < -0.4 is 11.5 Å². The number of aliphatic imine (C=N–C) groups is 1. The molecule has 7 heteroatoms. The average Bonchev–Trinajstić information content (AvgIpc) is 3.79. The number of benzene rings is 6. The number of hydrogen-bond donors (Lipinski definition) is 3. The Bertz CT molecular complexity index is 2500. The molecule has 0 radical (unpaired) electrons. The fraction of sp³-hybridized carbons (Fsp3) is 0.0222. The Morgan fingerprint density at radius 2 is 1.12 bits per heavy atom. The van der Waals surface area contributed by atoms with E-state index in [2.05, 4.69) is 33.4 Å². The number of carbonyl (C=O) groups is 2. The molecule has 252 valence electrons. The van der Waals surface area contributed by atoms with Gasteiger partial charge in [-0.25, -0.2) is 0 Å². The summed E-state index contributed by atoms with van der Waals surface area (Å²) in [7, 11) is 0. The molecule has 0 bridgehead atoms. The van der Waals surface area contributed by atoms with Crippen molar-refractivity contribution in [2.75, 3.05) is 11.5 Å². The molecule has 6 aromatic carbocycles. The molecular weight excluding hydrogens is 643 g/mol. The third-order valence-corrected chi connectivity index (χ3v) is 8.68. The van der Waals surface area contributed by atoms with E-state index in [-0.39, 0.29) is 11.6 Å². The monoisotopic (exact) mass is 677 g/mol. The van der Waals surface area contributed by atoms with Crippen molar-refractivity contribution in [3.8, 4) is 0 Å². The lowest BCUT2D eigenvalue weighted by Gasteiger charge is -2.05. The van der Waals surface area contributed by atoms with Gasteiger partial charge in [0.05, 0.1) is 23.5 Å². The Morgan fingerprint density at radius 3 is 1.73 bits per heavy atom. The number of allylic oxidation sites excluding steroid dienone is 1. The smallest absolute Gasteiger partial charge is 0.193 e. The molecule has 0 saturated heterocycles. The number of aromatic amines is 1. The molecule has 0 spiro atoms. The highest BCUT2D eigenvalue weighted by Gasteiger charge is 2.17. The number of carbonyl (C=O) groups excluding carboxylic acids is 2. The summed E-state index contributed by atoms with van der Waals surface area (Å²) in [6.45, 7) is 0.599. The predicted octanol–water partition coefficient (Wildman–Crippen LogP) is 9.06. The first-order chi connectivity index (χ1) is 25.4. The van der Waals surface area contributed by atoms with E-state index in [9.17, 15) is 9.59 Å². The summed E-state index contributed by atoms with van der Waals surface area (Å²) in [4.78, 5) is 29.9. The van der Waals surface area contributed by atoms with Crippen LogP contribution in [0.25, 0.3) is 29.1 Å². The molecule has 0 fully saturated rings. The fourth-order valence-corrected chi connectivity index (χ4v) is 5.99. The van der Waals surface area contributed by atoms with Crippen molar-refractivity contribution in [2.45, 2.75) is 6.54 Å². The summed E-state index contributed by atoms with van der Waals surface area (Å²) < 4.78 is 0. The zero-order chi connectivity index (χ0) is 35.9. The van der Waals surface area contributed by atoms with E-state index in [4.69, 9.17) is 11.5 Å². The van der Waals surface area contributed by atoms with E-state index in [0.717, 1.165) is 44.6 Å². The number of hydrogen-bond acceptors (Lipinski definition) is 6. The van der Waals surface area contributed by atoms with Gasteiger partial charge >= 0.3 is 0 Å². The number of anilines is 2. The minimum atomic E-state index is -0.0600. The molecule has 2 heterocycles. The molecule has 1 aromatic heterocycles.